The molecule has 0 aromatic heterocycles. The van der Waals surface area contributed by atoms with Crippen molar-refractivity contribution < 1.29 is 4.74 Å². The smallest absolute Gasteiger partial charge is 0.130 e. The van der Waals surface area contributed by atoms with E-state index in [0.29, 0.717) is 0 Å². The molecule has 0 aliphatic heterocycles. The number of rotatable bonds is 20. The fourth-order valence-electron chi connectivity index (χ4n) is 9.74. The Bertz CT molecular complexity index is 1550. The van der Waals surface area contributed by atoms with Crippen LogP contribution in [-0.2, 0) is 25.7 Å². The van der Waals surface area contributed by atoms with Gasteiger partial charge in [0.2, 0.25) is 0 Å². The quantitative estimate of drug-likeness (QED) is 0.0877. The average Bonchev–Trinajstić information content (AvgIpc) is 3.23. The highest BCUT2D eigenvalue weighted by molar-refractivity contribution is 5.48. The predicted octanol–water partition coefficient (Wildman–Crippen LogP) is 16.3. The molecule has 296 valence electrons. The Kier molecular flexibility index (Phi) is 16.4. The van der Waals surface area contributed by atoms with Gasteiger partial charge in [0, 0.05) is 12.8 Å². The number of ether oxygens (including phenoxy) is 1. The van der Waals surface area contributed by atoms with Crippen molar-refractivity contribution in [1.82, 2.24) is 0 Å². The van der Waals surface area contributed by atoms with Crippen molar-refractivity contribution in [1.29, 1.82) is 0 Å². The Morgan fingerprint density at radius 2 is 0.782 bits per heavy atom. The molecule has 1 nitrogen and oxygen atoms in total. The van der Waals surface area contributed by atoms with Gasteiger partial charge in [0.15, 0.2) is 0 Å². The molecule has 0 amide bonds. The third-order valence-corrected chi connectivity index (χ3v) is 13.4. The van der Waals surface area contributed by atoms with Gasteiger partial charge in [-0.1, -0.05) is 152 Å². The highest BCUT2D eigenvalue weighted by atomic mass is 16.5. The topological polar surface area (TPSA) is 9.23 Å². The second-order valence-electron chi connectivity index (χ2n) is 17.7. The van der Waals surface area contributed by atoms with Crippen molar-refractivity contribution in [3.8, 4) is 11.5 Å². The number of unbranched alkanes of at least 4 members (excludes halogenated alkanes) is 4. The van der Waals surface area contributed by atoms with Crippen molar-refractivity contribution >= 4 is 0 Å². The summed E-state index contributed by atoms with van der Waals surface area (Å²) >= 11 is 0. The molecule has 1 heteroatoms. The minimum atomic E-state index is 0.730. The molecule has 55 heavy (non-hydrogen) atoms. The maximum Gasteiger partial charge on any atom is 0.130 e. The average molecular weight is 739 g/mol. The van der Waals surface area contributed by atoms with Gasteiger partial charge < -0.3 is 4.74 Å². The SMILES string of the molecule is CCCCc1ccc(Oc2ccc(CCCC)cc2Cc2ccc([C@H]3CC[C@H](CCCC)CC3)cc2)c(Cc2ccc([C@H]3CC[C@H](CCCC)CC3)cc2)c1. The van der Waals surface area contributed by atoms with E-state index in [4.69, 9.17) is 4.74 Å². The standard InChI is InChI=1S/C54H74O/c1-5-9-13-41-17-27-47(28-18-41)49-31-21-45(22-32-49)39-51-37-43(15-11-7-3)25-35-53(51)55-54-36-26-44(16-12-8-4)38-52(54)40-46-23-33-50(34-24-46)48-29-19-42(20-30-48)14-10-6-2/h21-26,31-38,41-42,47-48H,5-20,27-30,39-40H2,1-4H3/t41-,42-,47-,48-. The molecular formula is C54H74O. The summed E-state index contributed by atoms with van der Waals surface area (Å²) in [6.45, 7) is 9.23. The van der Waals surface area contributed by atoms with Gasteiger partial charge in [0.25, 0.3) is 0 Å². The third kappa shape index (κ3) is 12.3. The lowest BCUT2D eigenvalue weighted by Gasteiger charge is -2.29. The van der Waals surface area contributed by atoms with Gasteiger partial charge in [-0.15, -0.1) is 0 Å². The first-order valence-corrected chi connectivity index (χ1v) is 23.1. The van der Waals surface area contributed by atoms with Crippen molar-refractivity contribution in [2.45, 2.75) is 181 Å². The Morgan fingerprint density at radius 1 is 0.418 bits per heavy atom. The molecular weight excluding hydrogens is 665 g/mol. The summed E-state index contributed by atoms with van der Waals surface area (Å²) in [5, 5.41) is 0. The maximum absolute atomic E-state index is 7.02. The lowest BCUT2D eigenvalue weighted by Crippen LogP contribution is -2.13. The summed E-state index contributed by atoms with van der Waals surface area (Å²) in [5.41, 5.74) is 11.3. The normalized spacial score (nSPS) is 20.1. The molecule has 2 aliphatic rings. The van der Waals surface area contributed by atoms with Gasteiger partial charge in [-0.3, -0.25) is 0 Å². The largest absolute Gasteiger partial charge is 0.457 e. The zero-order valence-corrected chi connectivity index (χ0v) is 35.4. The maximum atomic E-state index is 7.02. The van der Waals surface area contributed by atoms with Gasteiger partial charge in [-0.05, 0) is 157 Å². The highest BCUT2D eigenvalue weighted by Crippen LogP contribution is 2.40. The van der Waals surface area contributed by atoms with Crippen LogP contribution >= 0.6 is 0 Å². The Balaban J connectivity index is 1.17. The minimum Gasteiger partial charge on any atom is -0.457 e. The molecule has 0 radical (unpaired) electrons. The molecule has 2 fully saturated rings. The lowest BCUT2D eigenvalue weighted by molar-refractivity contribution is 0.304. The number of hydrogen-bond acceptors (Lipinski definition) is 1. The summed E-state index contributed by atoms with van der Waals surface area (Å²) in [5.74, 6) is 5.38. The second-order valence-corrected chi connectivity index (χ2v) is 17.7. The van der Waals surface area contributed by atoms with Crippen LogP contribution in [0.2, 0.25) is 0 Å². The van der Waals surface area contributed by atoms with E-state index in [9.17, 15) is 0 Å². The summed E-state index contributed by atoms with van der Waals surface area (Å²) in [6, 6.07) is 33.3. The van der Waals surface area contributed by atoms with Gasteiger partial charge in [-0.25, -0.2) is 0 Å². The molecule has 0 unspecified atom stereocenters. The van der Waals surface area contributed by atoms with Crippen LogP contribution in [0.1, 0.15) is 200 Å². The Morgan fingerprint density at radius 3 is 1.15 bits per heavy atom. The molecule has 4 aromatic carbocycles. The predicted molar refractivity (Wildman–Crippen MR) is 237 cm³/mol. The van der Waals surface area contributed by atoms with Crippen LogP contribution in [0.3, 0.4) is 0 Å². The van der Waals surface area contributed by atoms with Crippen molar-refractivity contribution in [2.24, 2.45) is 11.8 Å². The molecule has 0 N–H and O–H groups in total. The van der Waals surface area contributed by atoms with E-state index >= 15 is 0 Å². The fraction of sp³-hybridized carbons (Fsp3) is 0.556. The molecule has 4 aromatic rings. The molecule has 2 aliphatic carbocycles. The van der Waals surface area contributed by atoms with Crippen LogP contribution in [0.4, 0.5) is 0 Å². The van der Waals surface area contributed by atoms with E-state index in [2.05, 4.69) is 113 Å². The summed E-state index contributed by atoms with van der Waals surface area (Å²) in [7, 11) is 0. The van der Waals surface area contributed by atoms with Crippen LogP contribution in [0.25, 0.3) is 0 Å². The van der Waals surface area contributed by atoms with Crippen LogP contribution in [-0.4, -0.2) is 0 Å². The number of aryl methyl sites for hydroxylation is 2. The molecule has 0 spiro atoms. The van der Waals surface area contributed by atoms with Crippen LogP contribution in [0.5, 0.6) is 11.5 Å². The van der Waals surface area contributed by atoms with Crippen molar-refractivity contribution in [3.63, 3.8) is 0 Å². The Hall–Kier alpha value is -3.32. The van der Waals surface area contributed by atoms with Crippen LogP contribution in [0, 0.1) is 11.8 Å². The molecule has 0 saturated heterocycles. The van der Waals surface area contributed by atoms with Crippen molar-refractivity contribution in [2.75, 3.05) is 0 Å². The first-order valence-electron chi connectivity index (χ1n) is 23.1. The zero-order valence-electron chi connectivity index (χ0n) is 35.4. The number of hydrogen-bond donors (Lipinski definition) is 0. The third-order valence-electron chi connectivity index (χ3n) is 13.4. The molecule has 0 atom stereocenters. The molecule has 0 bridgehead atoms. The Labute approximate surface area is 337 Å². The zero-order chi connectivity index (χ0) is 38.2. The summed E-state index contributed by atoms with van der Waals surface area (Å²) in [6.07, 6.45) is 28.3. The summed E-state index contributed by atoms with van der Waals surface area (Å²) in [4.78, 5) is 0. The minimum absolute atomic E-state index is 0.730. The number of benzene rings is 4. The fourth-order valence-corrected chi connectivity index (χ4v) is 9.74. The van der Waals surface area contributed by atoms with Gasteiger partial charge >= 0.3 is 0 Å². The van der Waals surface area contributed by atoms with E-state index in [0.717, 1.165) is 60.9 Å². The van der Waals surface area contributed by atoms with Gasteiger partial charge in [0.1, 0.15) is 11.5 Å². The van der Waals surface area contributed by atoms with E-state index in [1.807, 2.05) is 0 Å². The van der Waals surface area contributed by atoms with Gasteiger partial charge in [0.05, 0.1) is 0 Å². The first-order chi connectivity index (χ1) is 27.0. The summed E-state index contributed by atoms with van der Waals surface area (Å²) < 4.78 is 7.02. The molecule has 6 rings (SSSR count). The molecule has 2 saturated carbocycles. The lowest BCUT2D eigenvalue weighted by atomic mass is 9.77. The van der Waals surface area contributed by atoms with Crippen LogP contribution < -0.4 is 4.74 Å². The van der Waals surface area contributed by atoms with Crippen molar-refractivity contribution in [3.05, 3.63) is 129 Å². The van der Waals surface area contributed by atoms with Gasteiger partial charge in [-0.2, -0.15) is 0 Å². The van der Waals surface area contributed by atoms with E-state index < -0.39 is 0 Å². The highest BCUT2D eigenvalue weighted by Gasteiger charge is 2.23. The van der Waals surface area contributed by atoms with E-state index in [1.54, 1.807) is 11.1 Å². The van der Waals surface area contributed by atoms with E-state index in [-0.39, 0.29) is 0 Å². The monoisotopic (exact) mass is 739 g/mol. The second kappa shape index (κ2) is 21.8. The first kappa shape index (κ1) is 41.3. The molecule has 0 heterocycles. The van der Waals surface area contributed by atoms with E-state index in [1.165, 1.54) is 149 Å². The van der Waals surface area contributed by atoms with Crippen LogP contribution in [0.15, 0.2) is 84.9 Å².